The molecule has 3 aromatic rings. The van der Waals surface area contributed by atoms with Crippen LogP contribution in [0.2, 0.25) is 0 Å². The molecule has 0 spiro atoms. The first kappa shape index (κ1) is 20.6. The molecule has 29 heavy (non-hydrogen) atoms. The van der Waals surface area contributed by atoms with Crippen LogP contribution in [0.5, 0.6) is 0 Å². The van der Waals surface area contributed by atoms with E-state index in [1.807, 2.05) is 60.7 Å². The van der Waals surface area contributed by atoms with Crippen LogP contribution < -0.4 is 0 Å². The number of carbonyl (C=O) groups is 1. The van der Waals surface area contributed by atoms with E-state index in [1.54, 1.807) is 32.9 Å². The van der Waals surface area contributed by atoms with E-state index in [0.29, 0.717) is 5.71 Å². The summed E-state index contributed by atoms with van der Waals surface area (Å²) in [5, 5.41) is 10.9. The summed E-state index contributed by atoms with van der Waals surface area (Å²) < 4.78 is 10.9. The minimum absolute atomic E-state index is 0.255. The molecular formula is C24H25NO4. The molecule has 0 saturated heterocycles. The Balaban J connectivity index is 2.10. The molecule has 0 amide bonds. The number of benzene rings is 2. The fourth-order valence-corrected chi connectivity index (χ4v) is 2.88. The van der Waals surface area contributed by atoms with Crippen molar-refractivity contribution in [2.24, 2.45) is 4.99 Å². The van der Waals surface area contributed by atoms with Gasteiger partial charge >= 0.3 is 5.97 Å². The number of esters is 1. The number of rotatable bonds is 6. The van der Waals surface area contributed by atoms with Crippen molar-refractivity contribution in [3.8, 4) is 0 Å². The van der Waals surface area contributed by atoms with Crippen LogP contribution in [0.15, 0.2) is 88.5 Å². The monoisotopic (exact) mass is 391 g/mol. The maximum Gasteiger partial charge on any atom is 0.334 e. The fourth-order valence-electron chi connectivity index (χ4n) is 2.88. The molecule has 0 bridgehead atoms. The van der Waals surface area contributed by atoms with Crippen molar-refractivity contribution in [1.29, 1.82) is 0 Å². The Morgan fingerprint density at radius 2 is 1.48 bits per heavy atom. The molecular weight excluding hydrogens is 366 g/mol. The van der Waals surface area contributed by atoms with Gasteiger partial charge in [0.1, 0.15) is 17.5 Å². The number of ether oxygens (including phenoxy) is 1. The first-order valence-electron chi connectivity index (χ1n) is 9.48. The molecule has 3 rings (SSSR count). The average Bonchev–Trinajstić information content (AvgIpc) is 3.23. The summed E-state index contributed by atoms with van der Waals surface area (Å²) in [6, 6.07) is 21.2. The Bertz CT molecular complexity index is 900. The van der Waals surface area contributed by atoms with Crippen molar-refractivity contribution in [1.82, 2.24) is 0 Å². The second kappa shape index (κ2) is 8.88. The minimum Gasteiger partial charge on any atom is -0.466 e. The molecule has 5 heteroatoms. The average molecular weight is 391 g/mol. The number of nitrogens with zero attached hydrogens (tertiary/aromatic N) is 1. The molecule has 0 fully saturated rings. The van der Waals surface area contributed by atoms with Crippen molar-refractivity contribution in [3.05, 3.63) is 95.9 Å². The van der Waals surface area contributed by atoms with Gasteiger partial charge < -0.3 is 14.3 Å². The molecule has 1 N–H and O–H groups in total. The number of carbonyl (C=O) groups excluding carboxylic acids is 1. The largest absolute Gasteiger partial charge is 0.466 e. The molecule has 0 aliphatic carbocycles. The van der Waals surface area contributed by atoms with Gasteiger partial charge in [0.25, 0.3) is 0 Å². The molecule has 150 valence electrons. The number of aliphatic hydroxyl groups excluding tert-OH is 1. The Morgan fingerprint density at radius 1 is 0.931 bits per heavy atom. The van der Waals surface area contributed by atoms with Gasteiger partial charge in [-0.2, -0.15) is 0 Å². The molecule has 1 heterocycles. The predicted octanol–water partition coefficient (Wildman–Crippen LogP) is 4.56. The van der Waals surface area contributed by atoms with Crippen LogP contribution in [0, 0.1) is 0 Å². The van der Waals surface area contributed by atoms with Gasteiger partial charge in [-0.25, -0.2) is 4.79 Å². The first-order chi connectivity index (χ1) is 13.8. The molecule has 0 aliphatic heterocycles. The summed E-state index contributed by atoms with van der Waals surface area (Å²) in [5.74, 6) is -0.365. The van der Waals surface area contributed by atoms with Crippen LogP contribution in [0.1, 0.15) is 43.8 Å². The van der Waals surface area contributed by atoms with E-state index in [-0.39, 0.29) is 5.76 Å². The van der Waals surface area contributed by atoms with Gasteiger partial charge in [-0.3, -0.25) is 4.99 Å². The quantitative estimate of drug-likeness (QED) is 0.494. The van der Waals surface area contributed by atoms with Gasteiger partial charge in [0.2, 0.25) is 0 Å². The number of hydrogen-bond donors (Lipinski definition) is 1. The van der Waals surface area contributed by atoms with E-state index in [9.17, 15) is 9.90 Å². The summed E-state index contributed by atoms with van der Waals surface area (Å²) in [4.78, 5) is 17.7. The third-order valence-corrected chi connectivity index (χ3v) is 4.14. The SMILES string of the molecule is CC(C)(C)OC(=O)[C@H](N=C(c1ccccc1)c1ccccc1)[C@H](O)c1ccco1. The lowest BCUT2D eigenvalue weighted by Crippen LogP contribution is -2.35. The van der Waals surface area contributed by atoms with E-state index >= 15 is 0 Å². The topological polar surface area (TPSA) is 72.0 Å². The third-order valence-electron chi connectivity index (χ3n) is 4.14. The number of aliphatic imine (C=N–C) groups is 1. The molecule has 2 aromatic carbocycles. The van der Waals surface area contributed by atoms with Gasteiger partial charge in [-0.15, -0.1) is 0 Å². The lowest BCUT2D eigenvalue weighted by atomic mass is 10.0. The van der Waals surface area contributed by atoms with E-state index in [2.05, 4.69) is 4.99 Å². The number of hydrogen-bond acceptors (Lipinski definition) is 5. The Labute approximate surface area is 170 Å². The zero-order valence-corrected chi connectivity index (χ0v) is 16.8. The molecule has 0 unspecified atom stereocenters. The fraction of sp³-hybridized carbons (Fsp3) is 0.250. The van der Waals surface area contributed by atoms with Crippen molar-refractivity contribution in [2.45, 2.75) is 38.5 Å². The lowest BCUT2D eigenvalue weighted by molar-refractivity contribution is -0.159. The molecule has 1 aromatic heterocycles. The summed E-state index contributed by atoms with van der Waals surface area (Å²) in [6.45, 7) is 5.33. The standard InChI is InChI=1S/C24H25NO4/c1-24(2,3)29-23(27)21(22(26)19-15-10-16-28-19)25-20(17-11-6-4-7-12-17)18-13-8-5-9-14-18/h4-16,21-22,26H,1-3H3/t21-,22-/m1/s1. The zero-order chi connectivity index (χ0) is 20.9. The van der Waals surface area contributed by atoms with Crippen LogP contribution in [-0.2, 0) is 9.53 Å². The van der Waals surface area contributed by atoms with Crippen LogP contribution in [0.3, 0.4) is 0 Å². The summed E-state index contributed by atoms with van der Waals surface area (Å²) in [6.07, 6.45) is 0.172. The lowest BCUT2D eigenvalue weighted by Gasteiger charge is -2.25. The van der Waals surface area contributed by atoms with Gasteiger partial charge in [0, 0.05) is 11.1 Å². The zero-order valence-electron chi connectivity index (χ0n) is 16.8. The molecule has 0 saturated carbocycles. The molecule has 2 atom stereocenters. The third kappa shape index (κ3) is 5.42. The molecule has 0 radical (unpaired) electrons. The van der Waals surface area contributed by atoms with Crippen molar-refractivity contribution in [2.75, 3.05) is 0 Å². The van der Waals surface area contributed by atoms with Crippen molar-refractivity contribution >= 4 is 11.7 Å². The van der Waals surface area contributed by atoms with Gasteiger partial charge in [0.05, 0.1) is 12.0 Å². The molecule has 0 aliphatic rings. The van der Waals surface area contributed by atoms with Crippen LogP contribution in [0.4, 0.5) is 0 Å². The normalized spacial score (nSPS) is 13.4. The second-order valence-corrected chi connectivity index (χ2v) is 7.65. The van der Waals surface area contributed by atoms with Crippen molar-refractivity contribution in [3.63, 3.8) is 0 Å². The molecule has 5 nitrogen and oxygen atoms in total. The van der Waals surface area contributed by atoms with E-state index < -0.39 is 23.7 Å². The minimum atomic E-state index is -1.28. The van der Waals surface area contributed by atoms with Crippen LogP contribution in [-0.4, -0.2) is 28.4 Å². The van der Waals surface area contributed by atoms with Gasteiger partial charge in [-0.1, -0.05) is 60.7 Å². The van der Waals surface area contributed by atoms with Gasteiger partial charge in [0.15, 0.2) is 6.04 Å². The smallest absolute Gasteiger partial charge is 0.334 e. The second-order valence-electron chi connectivity index (χ2n) is 7.65. The Hall–Kier alpha value is -3.18. The number of furan rings is 1. The Kier molecular flexibility index (Phi) is 6.29. The van der Waals surface area contributed by atoms with Crippen LogP contribution >= 0.6 is 0 Å². The highest BCUT2D eigenvalue weighted by Gasteiger charge is 2.34. The number of aliphatic hydroxyl groups is 1. The highest BCUT2D eigenvalue weighted by atomic mass is 16.6. The van der Waals surface area contributed by atoms with Crippen molar-refractivity contribution < 1.29 is 19.1 Å². The summed E-state index contributed by atoms with van der Waals surface area (Å²) in [5.41, 5.74) is 1.54. The van der Waals surface area contributed by atoms with E-state index in [0.717, 1.165) is 11.1 Å². The summed E-state index contributed by atoms with van der Waals surface area (Å²) >= 11 is 0. The summed E-state index contributed by atoms with van der Waals surface area (Å²) in [7, 11) is 0. The maximum atomic E-state index is 13.0. The highest BCUT2D eigenvalue weighted by Crippen LogP contribution is 2.25. The van der Waals surface area contributed by atoms with E-state index in [4.69, 9.17) is 9.15 Å². The Morgan fingerprint density at radius 3 is 1.93 bits per heavy atom. The van der Waals surface area contributed by atoms with E-state index in [1.165, 1.54) is 6.26 Å². The van der Waals surface area contributed by atoms with Gasteiger partial charge in [-0.05, 0) is 32.9 Å². The first-order valence-corrected chi connectivity index (χ1v) is 9.48. The van der Waals surface area contributed by atoms with Crippen LogP contribution in [0.25, 0.3) is 0 Å². The predicted molar refractivity (Wildman–Crippen MR) is 112 cm³/mol. The highest BCUT2D eigenvalue weighted by molar-refractivity contribution is 6.13. The maximum absolute atomic E-state index is 13.0.